The minimum absolute atomic E-state index is 0. The Labute approximate surface area is 771 Å². The van der Waals surface area contributed by atoms with Gasteiger partial charge in [0.15, 0.2) is 45.9 Å². The fourth-order valence-corrected chi connectivity index (χ4v) is 18.1. The molecular weight excluding hydrogens is 1790 g/mol. The van der Waals surface area contributed by atoms with E-state index in [9.17, 15) is 22.8 Å². The van der Waals surface area contributed by atoms with Crippen molar-refractivity contribution in [1.29, 1.82) is 0 Å². The molecule has 0 saturated carbocycles. The maximum absolute atomic E-state index is 12.2. The average molecular weight is 1890 g/mol. The SMILES string of the molecule is C.CCOC(=O)c1sc(Nc2nc(CCN)cn3c(-c4cnn(C)c4)cnc23)cc1C.Cc1cc(NC(=O)NCCc2cn3c(-c4cnn(C)c4)cnc3c(Nc3cc(C)no3)n2)on1.Cc1cc(NC(=O)NCCc2cn3c(-c4cnn(C)c4)cnc3c(Nc3cc(C)ns3)n2)sn1.Cn1cc(-c2cnc3c(Nc4cc(C5CCN(S(C)(=O)=O)C5)ns4)nc(CCN)cn23)cn1. The second-order valence-corrected chi connectivity index (χ2v) is 36.0. The number of esters is 1. The van der Waals surface area contributed by atoms with Crippen molar-refractivity contribution in [2.45, 2.75) is 87.0 Å². The summed E-state index contributed by atoms with van der Waals surface area (Å²) in [6, 6.07) is 10.4. The van der Waals surface area contributed by atoms with Crippen LogP contribution in [0, 0.1) is 34.6 Å². The number of thiophene rings is 1. The van der Waals surface area contributed by atoms with Gasteiger partial charge in [-0.25, -0.2) is 67.0 Å². The molecule has 44 nitrogen and oxygen atoms in total. The van der Waals surface area contributed by atoms with Crippen molar-refractivity contribution in [3.63, 3.8) is 0 Å². The van der Waals surface area contributed by atoms with E-state index in [4.69, 9.17) is 45.2 Å². The van der Waals surface area contributed by atoms with E-state index >= 15 is 0 Å². The molecule has 18 aromatic heterocycles. The third-order valence-corrected chi connectivity index (χ3v) is 24.9. The lowest BCUT2D eigenvalue weighted by Gasteiger charge is -2.12. The van der Waals surface area contributed by atoms with Crippen molar-refractivity contribution < 1.29 is 36.6 Å². The number of nitrogens with one attached hydrogen (secondary N) is 8. The topological polar surface area (TPSA) is 529 Å². The predicted octanol–water partition coefficient (Wildman–Crippen LogP) is 11.7. The Kier molecular flexibility index (Phi) is 28.3. The van der Waals surface area contributed by atoms with E-state index in [0.717, 1.165) is 118 Å². The van der Waals surface area contributed by atoms with E-state index < -0.39 is 16.1 Å². The van der Waals surface area contributed by atoms with Crippen LogP contribution in [0.25, 0.3) is 67.6 Å². The van der Waals surface area contributed by atoms with Crippen molar-refractivity contribution in [1.82, 2.24) is 135 Å². The summed E-state index contributed by atoms with van der Waals surface area (Å²) in [4.78, 5) is 74.4. The Morgan fingerprint density at radius 1 is 0.485 bits per heavy atom. The van der Waals surface area contributed by atoms with Gasteiger partial charge in [0.05, 0.1) is 141 Å². The number of aromatic nitrogens is 25. The van der Waals surface area contributed by atoms with Crippen LogP contribution >= 0.6 is 45.9 Å². The summed E-state index contributed by atoms with van der Waals surface area (Å²) in [6.45, 7) is 14.2. The zero-order valence-electron chi connectivity index (χ0n) is 72.9. The largest absolute Gasteiger partial charge is 0.462 e. The van der Waals surface area contributed by atoms with Crippen LogP contribution in [0.3, 0.4) is 0 Å². The molecule has 686 valence electrons. The molecule has 1 aliphatic heterocycles. The average Bonchev–Trinajstić information content (AvgIpc) is 1.63. The van der Waals surface area contributed by atoms with Gasteiger partial charge in [0.25, 0.3) is 0 Å². The molecule has 132 heavy (non-hydrogen) atoms. The van der Waals surface area contributed by atoms with Crippen molar-refractivity contribution >= 4 is 152 Å². The summed E-state index contributed by atoms with van der Waals surface area (Å²) in [5, 5.41) is 52.2. The lowest BCUT2D eigenvalue weighted by molar-refractivity contribution is 0.0531. The molecule has 0 aromatic carbocycles. The summed E-state index contributed by atoms with van der Waals surface area (Å²) in [7, 11) is 4.31. The molecule has 19 rings (SSSR count). The fourth-order valence-electron chi connectivity index (χ4n) is 14.2. The lowest BCUT2D eigenvalue weighted by Crippen LogP contribution is -2.30. The number of hydrogen-bond donors (Lipinski definition) is 10. The number of carbonyl (C=O) groups excluding carboxylic acids is 3. The molecule has 0 bridgehead atoms. The van der Waals surface area contributed by atoms with Gasteiger partial charge < -0.3 is 57.2 Å². The van der Waals surface area contributed by atoms with Crippen molar-refractivity contribution in [2.24, 2.45) is 39.7 Å². The highest BCUT2D eigenvalue weighted by molar-refractivity contribution is 7.88. The number of hydrogen-bond acceptors (Lipinski definition) is 35. The molecule has 1 atom stereocenters. The molecule has 1 unspecified atom stereocenters. The first-order valence-electron chi connectivity index (χ1n) is 41.1. The maximum Gasteiger partial charge on any atom is 0.348 e. The second-order valence-electron chi connectivity index (χ2n) is 30.5. The van der Waals surface area contributed by atoms with Gasteiger partial charge in [0.1, 0.15) is 19.9 Å². The van der Waals surface area contributed by atoms with Gasteiger partial charge in [0.2, 0.25) is 21.8 Å². The van der Waals surface area contributed by atoms with Crippen LogP contribution in [0.15, 0.2) is 145 Å². The number of imidazole rings is 4. The van der Waals surface area contributed by atoms with E-state index in [1.165, 1.54) is 56.5 Å². The molecule has 1 saturated heterocycles. The molecule has 49 heteroatoms. The number of nitrogens with two attached hydrogens (primary N) is 2. The molecule has 19 heterocycles. The first kappa shape index (κ1) is 92.1. The normalized spacial score (nSPS) is 12.6. The number of urea groups is 2. The third-order valence-electron chi connectivity index (χ3n) is 20.2. The van der Waals surface area contributed by atoms with E-state index in [0.29, 0.717) is 139 Å². The van der Waals surface area contributed by atoms with Crippen LogP contribution < -0.4 is 54.0 Å². The van der Waals surface area contributed by atoms with Crippen LogP contribution in [0.4, 0.5) is 64.6 Å². The number of aryl methyl sites for hydroxylation is 9. The van der Waals surface area contributed by atoms with Gasteiger partial charge in [-0.3, -0.25) is 47.0 Å². The predicted molar refractivity (Wildman–Crippen MR) is 505 cm³/mol. The van der Waals surface area contributed by atoms with Crippen LogP contribution in [-0.2, 0) is 68.6 Å². The number of fused-ring (bicyclic) bond motifs is 4. The second kappa shape index (κ2) is 40.6. The van der Waals surface area contributed by atoms with E-state index in [1.54, 1.807) is 81.9 Å². The lowest BCUT2D eigenvalue weighted by atomic mass is 10.1. The first-order valence-corrected chi connectivity index (χ1v) is 46.1. The van der Waals surface area contributed by atoms with Gasteiger partial charge in [0, 0.05) is 170 Å². The molecule has 0 spiro atoms. The van der Waals surface area contributed by atoms with E-state index in [2.05, 4.69) is 106 Å². The Balaban J connectivity index is 0.000000134. The van der Waals surface area contributed by atoms with Crippen LogP contribution in [0.5, 0.6) is 0 Å². The minimum atomic E-state index is -3.18. The number of nitrogens with zero attached hydrogens (tertiary/aromatic N) is 26. The molecular formula is C83H96N36O8S5. The Morgan fingerprint density at radius 3 is 1.27 bits per heavy atom. The summed E-state index contributed by atoms with van der Waals surface area (Å²) < 4.78 is 68.6. The number of ether oxygens (including phenoxy) is 1. The highest BCUT2D eigenvalue weighted by Crippen LogP contribution is 2.37. The molecule has 4 amide bonds. The maximum atomic E-state index is 12.2. The van der Waals surface area contributed by atoms with Gasteiger partial charge in [-0.1, -0.05) is 17.7 Å². The standard InChI is InChI=1S/C21H22N10O3.C21H22N10OS2.C20H25N9O2S2.C20H23N7O2S.CH4/c2*1-12-6-17(33-28-12)26-19-20-23-9-16(14-8-24-30(3)10-14)31(20)11-15(25-19)4-5-22-21(32)27-18-7-13(2)29-34-18;1-27-10-14(8-23-27)17-9-22-20-19(24-15(3-5-21)12-29(17)20)25-18-7-16(26-32-18)13-4-6-28(11-13)33(2,30)31;1-4-29-20(28)17-12(2)7-16(30-17)25-18-19-22-9-15(13-8-23-26(3)10-13)27(19)11-14(24-18)5-6-21;/h2*6-11H,4-5H2,1-3H3,(H,25,26)(H2,22,27,32);7-10,12-13H,3-6,11,21H2,1-2H3,(H,24,25);7-11H,4-6,21H2,1-3H3,(H,24,25);1H4. The third kappa shape index (κ3) is 21.9. The number of rotatable bonds is 28. The highest BCUT2D eigenvalue weighted by Gasteiger charge is 2.32. The monoisotopic (exact) mass is 1880 g/mol. The number of sulfonamides is 1. The highest BCUT2D eigenvalue weighted by atomic mass is 32.2. The zero-order valence-corrected chi connectivity index (χ0v) is 76.9. The van der Waals surface area contributed by atoms with E-state index in [1.807, 2.05) is 160 Å². The molecule has 0 radical (unpaired) electrons. The van der Waals surface area contributed by atoms with Gasteiger partial charge in [-0.15, -0.1) is 11.3 Å². The van der Waals surface area contributed by atoms with Crippen molar-refractivity contribution in [2.75, 3.05) is 84.0 Å². The molecule has 18 aromatic rings. The number of carbonyl (C=O) groups is 3. The minimum Gasteiger partial charge on any atom is -0.462 e. The van der Waals surface area contributed by atoms with Crippen molar-refractivity contribution in [3.8, 4) is 45.0 Å². The van der Waals surface area contributed by atoms with Crippen LogP contribution in [0.1, 0.15) is 93.2 Å². The number of anilines is 10. The quantitative estimate of drug-likeness (QED) is 0.0204. The zero-order chi connectivity index (χ0) is 91.7. The van der Waals surface area contributed by atoms with Gasteiger partial charge >= 0.3 is 18.0 Å². The number of amides is 4. The Hall–Kier alpha value is -14.6. The molecule has 1 fully saturated rings. The Morgan fingerprint density at radius 2 is 0.886 bits per heavy atom. The first-order chi connectivity index (χ1) is 63.2. The summed E-state index contributed by atoms with van der Waals surface area (Å²) in [5.74, 6) is 2.86. The van der Waals surface area contributed by atoms with Crippen LogP contribution in [-0.4, -0.2) is 203 Å². The molecule has 1 aliphatic rings. The fraction of sp³-hybridized carbons (Fsp3) is 0.301. The van der Waals surface area contributed by atoms with Crippen molar-refractivity contribution in [3.05, 3.63) is 197 Å². The summed E-state index contributed by atoms with van der Waals surface area (Å²) in [5.41, 5.74) is 29.8. The van der Waals surface area contributed by atoms with E-state index in [-0.39, 0.29) is 31.2 Å². The Bertz CT molecular complexity index is 7010. The molecule has 0 aliphatic carbocycles. The summed E-state index contributed by atoms with van der Waals surface area (Å²) >= 11 is 5.29. The summed E-state index contributed by atoms with van der Waals surface area (Å²) in [6.07, 6.45) is 34.1. The van der Waals surface area contributed by atoms with Gasteiger partial charge in [-0.2, -0.15) is 33.5 Å². The van der Waals surface area contributed by atoms with Gasteiger partial charge in [-0.05, 0) is 125 Å². The smallest absolute Gasteiger partial charge is 0.348 e. The molecule has 12 N–H and O–H groups in total. The van der Waals surface area contributed by atoms with Crippen LogP contribution in [0.2, 0.25) is 0 Å².